The summed E-state index contributed by atoms with van der Waals surface area (Å²) in [7, 11) is 0. The van der Waals surface area contributed by atoms with Gasteiger partial charge < -0.3 is 5.32 Å². The number of para-hydroxylation sites is 1. The number of halogens is 6. The summed E-state index contributed by atoms with van der Waals surface area (Å²) in [6.07, 6.45) is -11.5. The second kappa shape index (κ2) is 8.52. The Bertz CT molecular complexity index is 849. The van der Waals surface area contributed by atoms with Gasteiger partial charge >= 0.3 is 12.4 Å². The number of carbonyl (C=O) groups is 2. The fraction of sp³-hybridized carbons (Fsp3) is 0.222. The van der Waals surface area contributed by atoms with Gasteiger partial charge in [-0.2, -0.15) is 26.3 Å². The summed E-state index contributed by atoms with van der Waals surface area (Å²) in [6.45, 7) is 1.23. The molecule has 0 heterocycles. The first-order valence-corrected chi connectivity index (χ1v) is 7.99. The van der Waals surface area contributed by atoms with Crippen molar-refractivity contribution < 1.29 is 40.8 Å². The van der Waals surface area contributed by atoms with Gasteiger partial charge in [0.15, 0.2) is 6.10 Å². The maximum absolute atomic E-state index is 12.8. The molecule has 2 rings (SSSR count). The van der Waals surface area contributed by atoms with Gasteiger partial charge in [-0.15, -0.1) is 0 Å². The quantitative estimate of drug-likeness (QED) is 0.556. The molecule has 2 aromatic rings. The third kappa shape index (κ3) is 6.21. The number of hydrogen-bond donors (Lipinski definition) is 2. The van der Waals surface area contributed by atoms with Crippen LogP contribution in [0.2, 0.25) is 0 Å². The summed E-state index contributed by atoms with van der Waals surface area (Å²) in [5.74, 6) is -2.07. The van der Waals surface area contributed by atoms with Crippen molar-refractivity contribution in [2.24, 2.45) is 0 Å². The summed E-state index contributed by atoms with van der Waals surface area (Å²) in [6, 6.07) is 8.55. The lowest BCUT2D eigenvalue weighted by Crippen LogP contribution is -2.35. The average molecular weight is 420 g/mol. The minimum atomic E-state index is -5.10. The van der Waals surface area contributed by atoms with Crippen LogP contribution in [0.1, 0.15) is 28.4 Å². The number of alkyl halides is 6. The van der Waals surface area contributed by atoms with Crippen molar-refractivity contribution >= 4 is 17.5 Å². The van der Waals surface area contributed by atoms with Crippen molar-refractivity contribution in [3.8, 4) is 0 Å². The van der Waals surface area contributed by atoms with E-state index in [1.54, 1.807) is 35.8 Å². The summed E-state index contributed by atoms with van der Waals surface area (Å²) < 4.78 is 77.1. The second-order valence-electron chi connectivity index (χ2n) is 5.84. The number of carbonyl (C=O) groups excluding carboxylic acids is 2. The van der Waals surface area contributed by atoms with Crippen LogP contribution in [0, 0.1) is 0 Å². The van der Waals surface area contributed by atoms with Gasteiger partial charge in [0.05, 0.1) is 11.1 Å². The Hall–Kier alpha value is -3.08. The lowest BCUT2D eigenvalue weighted by Gasteiger charge is -2.16. The molecule has 0 aliphatic heterocycles. The highest BCUT2D eigenvalue weighted by Crippen LogP contribution is 2.36. The Kier molecular flexibility index (Phi) is 6.52. The molecule has 29 heavy (non-hydrogen) atoms. The Labute approximate surface area is 160 Å². The highest BCUT2D eigenvalue weighted by Gasteiger charge is 2.37. The number of amides is 2. The maximum Gasteiger partial charge on any atom is 0.416 e. The molecule has 0 aliphatic carbocycles. The molecule has 2 aromatic carbocycles. The molecule has 5 nitrogen and oxygen atoms in total. The molecule has 1 atom stereocenters. The van der Waals surface area contributed by atoms with Gasteiger partial charge in [0.2, 0.25) is 0 Å². The lowest BCUT2D eigenvalue weighted by atomic mass is 10.0. The summed E-state index contributed by atoms with van der Waals surface area (Å²) in [5, 5.41) is 2.45. The SMILES string of the molecule is C[C@H](ONC(=O)c1cc(C(F)(F)F)cc(C(F)(F)F)c1)C(=O)Nc1ccccc1. The van der Waals surface area contributed by atoms with E-state index in [2.05, 4.69) is 5.32 Å². The first-order valence-electron chi connectivity index (χ1n) is 7.99. The van der Waals surface area contributed by atoms with Gasteiger partial charge in [0.1, 0.15) is 0 Å². The number of anilines is 1. The fourth-order valence-corrected chi connectivity index (χ4v) is 2.11. The van der Waals surface area contributed by atoms with Crippen molar-refractivity contribution in [2.45, 2.75) is 25.4 Å². The molecular weight excluding hydrogens is 406 g/mol. The van der Waals surface area contributed by atoms with Gasteiger partial charge in [-0.25, -0.2) is 5.48 Å². The van der Waals surface area contributed by atoms with Gasteiger partial charge in [0, 0.05) is 11.3 Å². The molecule has 0 bridgehead atoms. The largest absolute Gasteiger partial charge is 0.416 e. The molecule has 0 unspecified atom stereocenters. The molecular formula is C18H14F6N2O3. The predicted molar refractivity (Wildman–Crippen MR) is 89.5 cm³/mol. The van der Waals surface area contributed by atoms with Crippen LogP contribution in [0.25, 0.3) is 0 Å². The van der Waals surface area contributed by atoms with Crippen LogP contribution in [0.5, 0.6) is 0 Å². The molecule has 156 valence electrons. The molecule has 0 radical (unpaired) electrons. The molecule has 2 N–H and O–H groups in total. The van der Waals surface area contributed by atoms with E-state index in [-0.39, 0.29) is 18.2 Å². The van der Waals surface area contributed by atoms with E-state index in [1.165, 1.54) is 6.92 Å². The van der Waals surface area contributed by atoms with Crippen LogP contribution >= 0.6 is 0 Å². The van der Waals surface area contributed by atoms with Crippen molar-refractivity contribution in [1.82, 2.24) is 5.48 Å². The number of hydroxylamine groups is 1. The van der Waals surface area contributed by atoms with Crippen LogP contribution in [-0.4, -0.2) is 17.9 Å². The van der Waals surface area contributed by atoms with Crippen molar-refractivity contribution in [3.63, 3.8) is 0 Å². The first kappa shape index (κ1) is 22.2. The van der Waals surface area contributed by atoms with Crippen LogP contribution in [-0.2, 0) is 22.0 Å². The normalized spacial score (nSPS) is 12.9. The summed E-state index contributed by atoms with van der Waals surface area (Å²) in [5.41, 5.74) is -2.11. The Morgan fingerprint density at radius 1 is 0.897 bits per heavy atom. The highest BCUT2D eigenvalue weighted by atomic mass is 19.4. The van der Waals surface area contributed by atoms with E-state index in [0.717, 1.165) is 0 Å². The third-order valence-corrected chi connectivity index (χ3v) is 3.59. The summed E-state index contributed by atoms with van der Waals surface area (Å²) >= 11 is 0. The van der Waals surface area contributed by atoms with E-state index >= 15 is 0 Å². The van der Waals surface area contributed by atoms with Crippen LogP contribution in [0.4, 0.5) is 32.0 Å². The monoisotopic (exact) mass is 420 g/mol. The Morgan fingerprint density at radius 2 is 1.41 bits per heavy atom. The number of rotatable bonds is 5. The molecule has 0 fully saturated rings. The minimum Gasteiger partial charge on any atom is -0.324 e. The third-order valence-electron chi connectivity index (χ3n) is 3.59. The molecule has 0 spiro atoms. The van der Waals surface area contributed by atoms with Gasteiger partial charge in [-0.1, -0.05) is 18.2 Å². The van der Waals surface area contributed by atoms with E-state index in [4.69, 9.17) is 4.84 Å². The van der Waals surface area contributed by atoms with Gasteiger partial charge in [-0.3, -0.25) is 14.4 Å². The molecule has 2 amide bonds. The standard InChI is InChI=1S/C18H14F6N2O3/c1-10(15(27)25-14-5-3-2-4-6-14)29-26-16(28)11-7-12(17(19,20)21)9-13(8-11)18(22,23)24/h2-10H,1H3,(H,25,27)(H,26,28)/t10-/m0/s1. The first-order chi connectivity index (χ1) is 13.4. The van der Waals surface area contributed by atoms with E-state index < -0.39 is 47.0 Å². The zero-order valence-corrected chi connectivity index (χ0v) is 14.7. The van der Waals surface area contributed by atoms with Gasteiger partial charge in [-0.05, 0) is 37.3 Å². The van der Waals surface area contributed by atoms with Crippen molar-refractivity contribution in [2.75, 3.05) is 5.32 Å². The zero-order chi connectivity index (χ0) is 21.8. The minimum absolute atomic E-state index is 0.104. The van der Waals surface area contributed by atoms with Crippen molar-refractivity contribution in [1.29, 1.82) is 0 Å². The summed E-state index contributed by atoms with van der Waals surface area (Å²) in [4.78, 5) is 28.7. The number of hydrogen-bond acceptors (Lipinski definition) is 3. The molecule has 0 aliphatic rings. The number of benzene rings is 2. The smallest absolute Gasteiger partial charge is 0.324 e. The van der Waals surface area contributed by atoms with Crippen LogP contribution in [0.15, 0.2) is 48.5 Å². The highest BCUT2D eigenvalue weighted by molar-refractivity contribution is 5.95. The number of nitrogens with one attached hydrogen (secondary N) is 2. The van der Waals surface area contributed by atoms with Gasteiger partial charge in [0.25, 0.3) is 11.8 Å². The van der Waals surface area contributed by atoms with E-state index in [9.17, 15) is 35.9 Å². The van der Waals surface area contributed by atoms with E-state index in [1.807, 2.05) is 0 Å². The Balaban J connectivity index is 2.10. The molecule has 0 saturated heterocycles. The predicted octanol–water partition coefficient (Wildman–Crippen LogP) is 4.41. The Morgan fingerprint density at radius 3 is 1.90 bits per heavy atom. The van der Waals surface area contributed by atoms with Crippen LogP contribution < -0.4 is 10.8 Å². The molecule has 11 heteroatoms. The van der Waals surface area contributed by atoms with Crippen molar-refractivity contribution in [3.05, 3.63) is 65.2 Å². The average Bonchev–Trinajstić information content (AvgIpc) is 2.64. The second-order valence-corrected chi connectivity index (χ2v) is 5.84. The topological polar surface area (TPSA) is 67.4 Å². The molecule has 0 aromatic heterocycles. The zero-order valence-electron chi connectivity index (χ0n) is 14.7. The van der Waals surface area contributed by atoms with Crippen LogP contribution in [0.3, 0.4) is 0 Å². The van der Waals surface area contributed by atoms with E-state index in [0.29, 0.717) is 5.69 Å². The fourth-order valence-electron chi connectivity index (χ4n) is 2.11. The maximum atomic E-state index is 12.8. The lowest BCUT2D eigenvalue weighted by molar-refractivity contribution is -0.143. The molecule has 0 saturated carbocycles.